The first-order valence-corrected chi connectivity index (χ1v) is 5.34. The molecule has 3 N–H and O–H groups in total. The van der Waals surface area contributed by atoms with Crippen molar-refractivity contribution in [3.05, 3.63) is 65.7 Å². The zero-order chi connectivity index (χ0) is 11.4. The summed E-state index contributed by atoms with van der Waals surface area (Å²) in [6.45, 7) is 0. The van der Waals surface area contributed by atoms with Gasteiger partial charge in [0.1, 0.15) is 0 Å². The maximum Gasteiger partial charge on any atom is 0.0850 e. The molecular formula is C14H15NO. The van der Waals surface area contributed by atoms with Crippen molar-refractivity contribution in [3.8, 4) is 0 Å². The Morgan fingerprint density at radius 1 is 0.938 bits per heavy atom. The van der Waals surface area contributed by atoms with Crippen LogP contribution < -0.4 is 5.73 Å². The molecule has 0 bridgehead atoms. The van der Waals surface area contributed by atoms with Crippen LogP contribution in [0.15, 0.2) is 54.6 Å². The van der Waals surface area contributed by atoms with Gasteiger partial charge in [0, 0.05) is 17.7 Å². The van der Waals surface area contributed by atoms with Crippen molar-refractivity contribution in [1.82, 2.24) is 0 Å². The van der Waals surface area contributed by atoms with Gasteiger partial charge >= 0.3 is 0 Å². The van der Waals surface area contributed by atoms with Crippen molar-refractivity contribution in [2.45, 2.75) is 12.5 Å². The monoisotopic (exact) mass is 213 g/mol. The Bertz CT molecular complexity index is 453. The van der Waals surface area contributed by atoms with Crippen LogP contribution in [0.4, 0.5) is 5.69 Å². The van der Waals surface area contributed by atoms with Crippen LogP contribution in [0.25, 0.3) is 0 Å². The number of benzene rings is 2. The first kappa shape index (κ1) is 10.7. The lowest BCUT2D eigenvalue weighted by Gasteiger charge is -2.13. The molecule has 1 atom stereocenters. The summed E-state index contributed by atoms with van der Waals surface area (Å²) in [5.74, 6) is 0. The Labute approximate surface area is 95.4 Å². The molecule has 0 aromatic heterocycles. The van der Waals surface area contributed by atoms with Crippen LogP contribution in [0.2, 0.25) is 0 Å². The first-order chi connectivity index (χ1) is 7.77. The average molecular weight is 213 g/mol. The van der Waals surface area contributed by atoms with Gasteiger partial charge in [0.05, 0.1) is 6.10 Å². The third kappa shape index (κ3) is 2.41. The van der Waals surface area contributed by atoms with Gasteiger partial charge in [-0.25, -0.2) is 0 Å². The number of rotatable bonds is 3. The van der Waals surface area contributed by atoms with Gasteiger partial charge in [0.2, 0.25) is 0 Å². The van der Waals surface area contributed by atoms with Gasteiger partial charge in [-0.3, -0.25) is 0 Å². The van der Waals surface area contributed by atoms with Gasteiger partial charge in [-0.05, 0) is 11.6 Å². The third-order valence-electron chi connectivity index (χ3n) is 2.63. The van der Waals surface area contributed by atoms with E-state index in [4.69, 9.17) is 5.73 Å². The maximum absolute atomic E-state index is 10.1. The standard InChI is InChI=1S/C14H15NO/c15-13-9-5-4-8-12(13)14(16)10-11-6-2-1-3-7-11/h1-9,14,16H,10,15H2/t14-/m0/s1. The molecule has 82 valence electrons. The number of aliphatic hydroxyl groups is 1. The molecule has 0 saturated heterocycles. The molecule has 0 heterocycles. The minimum Gasteiger partial charge on any atom is -0.398 e. The van der Waals surface area contributed by atoms with Crippen molar-refractivity contribution < 1.29 is 5.11 Å². The highest BCUT2D eigenvalue weighted by Crippen LogP contribution is 2.23. The van der Waals surface area contributed by atoms with Crippen LogP contribution >= 0.6 is 0 Å². The molecule has 16 heavy (non-hydrogen) atoms. The second-order valence-electron chi connectivity index (χ2n) is 3.83. The van der Waals surface area contributed by atoms with Crippen molar-refractivity contribution in [2.75, 3.05) is 5.73 Å². The summed E-state index contributed by atoms with van der Waals surface area (Å²) >= 11 is 0. The van der Waals surface area contributed by atoms with Crippen LogP contribution in [0, 0.1) is 0 Å². The fourth-order valence-electron chi connectivity index (χ4n) is 1.76. The molecule has 0 aliphatic carbocycles. The number of hydrogen-bond donors (Lipinski definition) is 2. The minimum absolute atomic E-state index is 0.538. The lowest BCUT2D eigenvalue weighted by atomic mass is 10.0. The highest BCUT2D eigenvalue weighted by molar-refractivity contribution is 5.47. The zero-order valence-electron chi connectivity index (χ0n) is 9.01. The molecule has 0 aliphatic rings. The van der Waals surface area contributed by atoms with E-state index in [0.717, 1.165) is 11.1 Å². The van der Waals surface area contributed by atoms with E-state index in [0.29, 0.717) is 12.1 Å². The van der Waals surface area contributed by atoms with Crippen molar-refractivity contribution in [1.29, 1.82) is 0 Å². The number of anilines is 1. The van der Waals surface area contributed by atoms with E-state index in [1.54, 1.807) is 0 Å². The Balaban J connectivity index is 2.15. The molecule has 0 spiro atoms. The lowest BCUT2D eigenvalue weighted by Crippen LogP contribution is -2.04. The van der Waals surface area contributed by atoms with Crippen molar-refractivity contribution >= 4 is 5.69 Å². The van der Waals surface area contributed by atoms with Gasteiger partial charge in [-0.1, -0.05) is 48.5 Å². The Morgan fingerprint density at radius 2 is 1.56 bits per heavy atom. The number of hydrogen-bond acceptors (Lipinski definition) is 2. The molecule has 2 nitrogen and oxygen atoms in total. The van der Waals surface area contributed by atoms with Crippen molar-refractivity contribution in [2.24, 2.45) is 0 Å². The van der Waals surface area contributed by atoms with Crippen molar-refractivity contribution in [3.63, 3.8) is 0 Å². The zero-order valence-corrected chi connectivity index (χ0v) is 9.01. The van der Waals surface area contributed by atoms with Gasteiger partial charge in [-0.2, -0.15) is 0 Å². The predicted molar refractivity (Wildman–Crippen MR) is 66.0 cm³/mol. The number of aliphatic hydroxyl groups excluding tert-OH is 1. The number of nitrogens with two attached hydrogens (primary N) is 1. The summed E-state index contributed by atoms with van der Waals surface area (Å²) in [5.41, 5.74) is 8.37. The van der Waals surface area contributed by atoms with Crippen LogP contribution in [-0.4, -0.2) is 5.11 Å². The molecule has 0 radical (unpaired) electrons. The van der Waals surface area contributed by atoms with E-state index >= 15 is 0 Å². The van der Waals surface area contributed by atoms with Crippen LogP contribution in [0.3, 0.4) is 0 Å². The molecule has 2 heteroatoms. The fraction of sp³-hybridized carbons (Fsp3) is 0.143. The second kappa shape index (κ2) is 4.81. The van der Waals surface area contributed by atoms with E-state index in [9.17, 15) is 5.11 Å². The Morgan fingerprint density at radius 3 is 2.25 bits per heavy atom. The van der Waals surface area contributed by atoms with Gasteiger partial charge in [0.25, 0.3) is 0 Å². The normalized spacial score (nSPS) is 12.3. The summed E-state index contributed by atoms with van der Waals surface area (Å²) in [6.07, 6.45) is 0.0540. The van der Waals surface area contributed by atoms with Gasteiger partial charge in [-0.15, -0.1) is 0 Å². The van der Waals surface area contributed by atoms with E-state index in [1.807, 2.05) is 54.6 Å². The predicted octanol–water partition coefficient (Wildman–Crippen LogP) is 2.54. The summed E-state index contributed by atoms with van der Waals surface area (Å²) in [6, 6.07) is 17.3. The van der Waals surface area contributed by atoms with Crippen LogP contribution in [0.1, 0.15) is 17.2 Å². The third-order valence-corrected chi connectivity index (χ3v) is 2.63. The van der Waals surface area contributed by atoms with E-state index in [2.05, 4.69) is 0 Å². The molecule has 2 aromatic carbocycles. The average Bonchev–Trinajstić information content (AvgIpc) is 2.31. The summed E-state index contributed by atoms with van der Waals surface area (Å²) in [5, 5.41) is 10.1. The van der Waals surface area contributed by atoms with E-state index < -0.39 is 6.10 Å². The SMILES string of the molecule is Nc1ccccc1[C@@H](O)Cc1ccccc1. The summed E-state index contributed by atoms with van der Waals surface area (Å²) < 4.78 is 0. The van der Waals surface area contributed by atoms with Crippen LogP contribution in [0.5, 0.6) is 0 Å². The van der Waals surface area contributed by atoms with Gasteiger partial charge < -0.3 is 10.8 Å². The second-order valence-corrected chi connectivity index (χ2v) is 3.83. The first-order valence-electron chi connectivity index (χ1n) is 5.34. The molecule has 0 amide bonds. The molecule has 0 aliphatic heterocycles. The largest absolute Gasteiger partial charge is 0.398 e. The highest BCUT2D eigenvalue weighted by Gasteiger charge is 2.10. The summed E-state index contributed by atoms with van der Waals surface area (Å²) in [4.78, 5) is 0. The Kier molecular flexibility index (Phi) is 3.22. The van der Waals surface area contributed by atoms with Crippen LogP contribution in [-0.2, 0) is 6.42 Å². The smallest absolute Gasteiger partial charge is 0.0850 e. The maximum atomic E-state index is 10.1. The quantitative estimate of drug-likeness (QED) is 0.770. The molecule has 2 aromatic rings. The summed E-state index contributed by atoms with van der Waals surface area (Å²) in [7, 11) is 0. The molecule has 0 unspecified atom stereocenters. The fourth-order valence-corrected chi connectivity index (χ4v) is 1.76. The lowest BCUT2D eigenvalue weighted by molar-refractivity contribution is 0.179. The molecule has 0 fully saturated rings. The molecular weight excluding hydrogens is 198 g/mol. The topological polar surface area (TPSA) is 46.2 Å². The number of para-hydroxylation sites is 1. The highest BCUT2D eigenvalue weighted by atomic mass is 16.3. The molecule has 2 rings (SSSR count). The van der Waals surface area contributed by atoms with E-state index in [1.165, 1.54) is 0 Å². The minimum atomic E-state index is -0.538. The Hall–Kier alpha value is -1.80. The van der Waals surface area contributed by atoms with E-state index in [-0.39, 0.29) is 0 Å². The van der Waals surface area contributed by atoms with Gasteiger partial charge in [0.15, 0.2) is 0 Å². The molecule has 0 saturated carbocycles. The number of nitrogen functional groups attached to an aromatic ring is 1.